The minimum absolute atomic E-state index is 0.136. The smallest absolute Gasteiger partial charge is 0.359 e. The van der Waals surface area contributed by atoms with Gasteiger partial charge in [0.15, 0.2) is 0 Å². The summed E-state index contributed by atoms with van der Waals surface area (Å²) in [7, 11) is 0. The number of carbonyl (C=O) groups is 1. The van der Waals surface area contributed by atoms with Gasteiger partial charge in [-0.15, -0.1) is 0 Å². The van der Waals surface area contributed by atoms with Crippen LogP contribution in [0.15, 0.2) is 18.2 Å². The van der Waals surface area contributed by atoms with Gasteiger partial charge in [-0.25, -0.2) is 0 Å². The first-order chi connectivity index (χ1) is 8.98. The average Bonchev–Trinajstić information content (AvgIpc) is 2.62. The maximum absolute atomic E-state index is 13.0. The predicted molar refractivity (Wildman–Crippen MR) is 63.9 cm³/mol. The second kappa shape index (κ2) is 4.15. The monoisotopic (exact) mass is 270 g/mol. The van der Waals surface area contributed by atoms with Crippen LogP contribution in [0.3, 0.4) is 0 Å². The van der Waals surface area contributed by atoms with Crippen molar-refractivity contribution in [2.24, 2.45) is 0 Å². The molecule has 2 aliphatic rings. The zero-order chi connectivity index (χ0) is 13.6. The van der Waals surface area contributed by atoms with Gasteiger partial charge in [0.25, 0.3) is 0 Å². The summed E-state index contributed by atoms with van der Waals surface area (Å²) in [4.78, 5) is 13.7. The highest BCUT2D eigenvalue weighted by atomic mass is 19.4. The number of nitrogens with one attached hydrogen (secondary N) is 1. The van der Waals surface area contributed by atoms with Crippen molar-refractivity contribution in [1.29, 1.82) is 0 Å². The Hall–Kier alpha value is -1.72. The Morgan fingerprint density at radius 2 is 2.11 bits per heavy atom. The molecule has 1 fully saturated rings. The molecule has 2 aliphatic heterocycles. The Labute approximate surface area is 108 Å². The van der Waals surface area contributed by atoms with Gasteiger partial charge in [-0.1, -0.05) is 6.07 Å². The Kier molecular flexibility index (Phi) is 2.69. The lowest BCUT2D eigenvalue weighted by molar-refractivity contribution is -0.138. The number of benzene rings is 1. The van der Waals surface area contributed by atoms with E-state index >= 15 is 0 Å². The molecule has 0 saturated carbocycles. The number of nitrogens with zero attached hydrogens (tertiary/aromatic N) is 1. The molecule has 1 aromatic carbocycles. The quantitative estimate of drug-likeness (QED) is 0.781. The number of hydrogen-bond donors (Lipinski definition) is 1. The second-order valence-corrected chi connectivity index (χ2v) is 4.86. The van der Waals surface area contributed by atoms with E-state index in [1.807, 2.05) is 0 Å². The van der Waals surface area contributed by atoms with Crippen LogP contribution in [-0.4, -0.2) is 25.0 Å². The van der Waals surface area contributed by atoms with Crippen LogP contribution in [0.25, 0.3) is 0 Å². The van der Waals surface area contributed by atoms with Crippen LogP contribution in [-0.2, 0) is 17.4 Å². The number of hydrogen-bond acceptors (Lipinski definition) is 2. The zero-order valence-corrected chi connectivity index (χ0v) is 10.1. The molecule has 0 bridgehead atoms. The molecule has 0 radical (unpaired) electrons. The SMILES string of the molecule is O=C1NCCCN2c3cccc(C(F)(F)F)c3CC12. The molecule has 1 saturated heterocycles. The second-order valence-electron chi connectivity index (χ2n) is 4.86. The molecule has 102 valence electrons. The summed E-state index contributed by atoms with van der Waals surface area (Å²) in [6.07, 6.45) is -3.48. The van der Waals surface area contributed by atoms with Crippen molar-refractivity contribution in [2.45, 2.75) is 25.1 Å². The predicted octanol–water partition coefficient (Wildman–Crippen LogP) is 1.96. The molecule has 0 aromatic heterocycles. The average molecular weight is 270 g/mol. The fraction of sp³-hybridized carbons (Fsp3) is 0.462. The van der Waals surface area contributed by atoms with Gasteiger partial charge in [-0.2, -0.15) is 13.2 Å². The lowest BCUT2D eigenvalue weighted by Crippen LogP contribution is -2.42. The van der Waals surface area contributed by atoms with Crippen LogP contribution < -0.4 is 10.2 Å². The number of fused-ring (bicyclic) bond motifs is 3. The summed E-state index contributed by atoms with van der Waals surface area (Å²) < 4.78 is 38.9. The van der Waals surface area contributed by atoms with Crippen LogP contribution in [0.4, 0.5) is 18.9 Å². The lowest BCUT2D eigenvalue weighted by Gasteiger charge is -2.23. The van der Waals surface area contributed by atoms with E-state index in [0.717, 1.165) is 12.5 Å². The van der Waals surface area contributed by atoms with Crippen molar-refractivity contribution in [3.05, 3.63) is 29.3 Å². The molecule has 3 nitrogen and oxygen atoms in total. The summed E-state index contributed by atoms with van der Waals surface area (Å²) in [5.74, 6) is -0.179. The Balaban J connectivity index is 2.07. The van der Waals surface area contributed by atoms with Gasteiger partial charge < -0.3 is 10.2 Å². The Morgan fingerprint density at radius 3 is 2.84 bits per heavy atom. The first-order valence-corrected chi connectivity index (χ1v) is 6.22. The number of alkyl halides is 3. The molecule has 0 spiro atoms. The van der Waals surface area contributed by atoms with Crippen LogP contribution in [0.5, 0.6) is 0 Å². The van der Waals surface area contributed by atoms with Gasteiger partial charge in [-0.3, -0.25) is 4.79 Å². The highest BCUT2D eigenvalue weighted by Crippen LogP contribution is 2.41. The van der Waals surface area contributed by atoms with Gasteiger partial charge in [0, 0.05) is 25.2 Å². The zero-order valence-electron chi connectivity index (χ0n) is 10.1. The van der Waals surface area contributed by atoms with E-state index in [1.165, 1.54) is 6.07 Å². The van der Waals surface area contributed by atoms with Crippen LogP contribution >= 0.6 is 0 Å². The summed E-state index contributed by atoms with van der Waals surface area (Å²) in [5.41, 5.74) is 0.180. The highest BCUT2D eigenvalue weighted by molar-refractivity contribution is 5.89. The summed E-state index contributed by atoms with van der Waals surface area (Å²) in [5, 5.41) is 2.75. The Morgan fingerprint density at radius 1 is 1.32 bits per heavy atom. The molecular formula is C13H13F3N2O. The van der Waals surface area contributed by atoms with Crippen LogP contribution in [0.1, 0.15) is 17.5 Å². The third-order valence-corrected chi connectivity index (χ3v) is 3.72. The standard InChI is InChI=1S/C13H13F3N2O/c14-13(15,16)9-3-1-4-10-8(9)7-11-12(19)17-5-2-6-18(10)11/h1,3-4,11H,2,5-7H2,(H,17,19). The van der Waals surface area contributed by atoms with Gasteiger partial charge in [-0.05, 0) is 24.1 Å². The van der Waals surface area contributed by atoms with Crippen molar-refractivity contribution < 1.29 is 18.0 Å². The molecule has 3 rings (SSSR count). The minimum atomic E-state index is -4.37. The maximum atomic E-state index is 13.0. The molecule has 1 amide bonds. The van der Waals surface area contributed by atoms with Crippen LogP contribution in [0.2, 0.25) is 0 Å². The van der Waals surface area contributed by atoms with Crippen molar-refractivity contribution in [3.8, 4) is 0 Å². The van der Waals surface area contributed by atoms with E-state index in [2.05, 4.69) is 5.32 Å². The third kappa shape index (κ3) is 1.95. The van der Waals surface area contributed by atoms with E-state index in [-0.39, 0.29) is 17.9 Å². The van der Waals surface area contributed by atoms with Crippen molar-refractivity contribution in [3.63, 3.8) is 0 Å². The summed E-state index contributed by atoms with van der Waals surface area (Å²) in [6.45, 7) is 1.19. The molecule has 1 atom stereocenters. The van der Waals surface area contributed by atoms with Crippen molar-refractivity contribution in [2.75, 3.05) is 18.0 Å². The molecule has 6 heteroatoms. The highest BCUT2D eigenvalue weighted by Gasteiger charge is 2.42. The fourth-order valence-electron chi connectivity index (χ4n) is 2.88. The number of carbonyl (C=O) groups excluding carboxylic acids is 1. The number of rotatable bonds is 0. The van der Waals surface area contributed by atoms with E-state index in [4.69, 9.17) is 0 Å². The Bertz CT molecular complexity index is 527. The molecule has 19 heavy (non-hydrogen) atoms. The molecular weight excluding hydrogens is 257 g/mol. The lowest BCUT2D eigenvalue weighted by atomic mass is 10.0. The van der Waals surface area contributed by atoms with E-state index in [9.17, 15) is 18.0 Å². The number of amides is 1. The topological polar surface area (TPSA) is 32.3 Å². The van der Waals surface area contributed by atoms with Crippen molar-refractivity contribution >= 4 is 11.6 Å². The van der Waals surface area contributed by atoms with Gasteiger partial charge in [0.05, 0.1) is 5.56 Å². The molecule has 0 aliphatic carbocycles. The van der Waals surface area contributed by atoms with E-state index < -0.39 is 17.8 Å². The van der Waals surface area contributed by atoms with E-state index in [1.54, 1.807) is 11.0 Å². The van der Waals surface area contributed by atoms with Gasteiger partial charge in [0.2, 0.25) is 5.91 Å². The third-order valence-electron chi connectivity index (χ3n) is 3.72. The van der Waals surface area contributed by atoms with Gasteiger partial charge in [0.1, 0.15) is 6.04 Å². The molecule has 1 unspecified atom stereocenters. The normalized spacial score (nSPS) is 22.6. The van der Waals surface area contributed by atoms with Crippen molar-refractivity contribution in [1.82, 2.24) is 5.32 Å². The number of halogens is 3. The van der Waals surface area contributed by atoms with Crippen LogP contribution in [0, 0.1) is 0 Å². The molecule has 1 N–H and O–H groups in total. The maximum Gasteiger partial charge on any atom is 0.416 e. The molecule has 1 aromatic rings. The van der Waals surface area contributed by atoms with Gasteiger partial charge >= 0.3 is 6.18 Å². The first-order valence-electron chi connectivity index (χ1n) is 6.22. The fourth-order valence-corrected chi connectivity index (χ4v) is 2.88. The molecule has 2 heterocycles. The minimum Gasteiger partial charge on any atom is -0.359 e. The first kappa shape index (κ1) is 12.3. The summed E-state index contributed by atoms with van der Waals surface area (Å²) in [6, 6.07) is 3.67. The number of anilines is 1. The largest absolute Gasteiger partial charge is 0.416 e. The van der Waals surface area contributed by atoms with E-state index in [0.29, 0.717) is 18.8 Å². The summed E-state index contributed by atoms with van der Waals surface area (Å²) >= 11 is 0.